The van der Waals surface area contributed by atoms with Gasteiger partial charge in [-0.15, -0.1) is 24.0 Å². The number of hydrogen-bond donors (Lipinski definition) is 2. The molecule has 0 aliphatic carbocycles. The summed E-state index contributed by atoms with van der Waals surface area (Å²) in [4.78, 5) is 19.6. The van der Waals surface area contributed by atoms with Gasteiger partial charge in [-0.05, 0) is 55.5 Å². The smallest absolute Gasteiger partial charge is 0.246 e. The van der Waals surface area contributed by atoms with E-state index in [1.165, 1.54) is 11.8 Å². The summed E-state index contributed by atoms with van der Waals surface area (Å²) in [6, 6.07) is 13.3. The van der Waals surface area contributed by atoms with E-state index in [-0.39, 0.29) is 36.4 Å². The highest BCUT2D eigenvalue weighted by atomic mass is 127. The van der Waals surface area contributed by atoms with E-state index in [2.05, 4.69) is 21.7 Å². The Hall–Kier alpha value is -2.14. The van der Waals surface area contributed by atoms with Crippen molar-refractivity contribution in [3.05, 3.63) is 59.2 Å². The lowest BCUT2D eigenvalue weighted by atomic mass is 10.0. The van der Waals surface area contributed by atoms with Gasteiger partial charge in [-0.1, -0.05) is 30.3 Å². The number of nitrogens with zero attached hydrogens (tertiary/aromatic N) is 2. The molecule has 0 fully saturated rings. The van der Waals surface area contributed by atoms with Gasteiger partial charge in [0.1, 0.15) is 0 Å². The van der Waals surface area contributed by atoms with Gasteiger partial charge in [0.05, 0.1) is 18.0 Å². The van der Waals surface area contributed by atoms with E-state index < -0.39 is 9.84 Å². The number of para-hydroxylation sites is 1. The quantitative estimate of drug-likeness (QED) is 0.317. The molecule has 1 aliphatic heterocycles. The van der Waals surface area contributed by atoms with Crippen molar-refractivity contribution in [3.63, 3.8) is 0 Å². The molecule has 1 heterocycles. The molecule has 2 N–H and O–H groups in total. The van der Waals surface area contributed by atoms with Crippen molar-refractivity contribution in [2.45, 2.75) is 38.1 Å². The lowest BCUT2D eigenvalue weighted by Gasteiger charge is -2.29. The monoisotopic (exact) mass is 570 g/mol. The lowest BCUT2D eigenvalue weighted by Crippen LogP contribution is -2.46. The zero-order chi connectivity index (χ0) is 22.4. The minimum absolute atomic E-state index is 0. The van der Waals surface area contributed by atoms with Crippen LogP contribution in [-0.2, 0) is 27.6 Å². The van der Waals surface area contributed by atoms with Gasteiger partial charge in [-0.25, -0.2) is 13.4 Å². The average molecular weight is 570 g/mol. The molecule has 0 bridgehead atoms. The Kier molecular flexibility index (Phi) is 9.50. The maximum atomic E-state index is 12.8. The topological polar surface area (TPSA) is 90.9 Å². The first-order chi connectivity index (χ1) is 14.8. The van der Waals surface area contributed by atoms with Crippen molar-refractivity contribution < 1.29 is 13.2 Å². The Morgan fingerprint density at radius 3 is 2.59 bits per heavy atom. The summed E-state index contributed by atoms with van der Waals surface area (Å²) < 4.78 is 23.6. The zero-order valence-electron chi connectivity index (χ0n) is 18.7. The molecule has 0 atom stereocenters. The van der Waals surface area contributed by atoms with Crippen molar-refractivity contribution in [1.82, 2.24) is 10.6 Å². The molecule has 32 heavy (non-hydrogen) atoms. The highest BCUT2D eigenvalue weighted by Crippen LogP contribution is 2.26. The van der Waals surface area contributed by atoms with E-state index in [9.17, 15) is 13.2 Å². The van der Waals surface area contributed by atoms with Crippen LogP contribution in [0.3, 0.4) is 0 Å². The molecule has 0 aromatic heterocycles. The SMILES string of the molecule is CCNC(=NCc1ccc(S(C)(=O)=O)c(C)c1)NCC(=O)N1CCCc2ccccc21.I. The van der Waals surface area contributed by atoms with Crippen molar-refractivity contribution in [2.24, 2.45) is 4.99 Å². The first-order valence-electron chi connectivity index (χ1n) is 10.5. The fourth-order valence-electron chi connectivity index (χ4n) is 3.79. The van der Waals surface area contributed by atoms with Gasteiger partial charge in [-0.2, -0.15) is 0 Å². The Morgan fingerprint density at radius 1 is 1.16 bits per heavy atom. The molecule has 1 aliphatic rings. The maximum absolute atomic E-state index is 12.8. The van der Waals surface area contributed by atoms with Gasteiger partial charge in [0.2, 0.25) is 5.91 Å². The number of halogens is 1. The predicted octanol–water partition coefficient (Wildman–Crippen LogP) is 3.05. The molecule has 3 rings (SSSR count). The Labute approximate surface area is 207 Å². The van der Waals surface area contributed by atoms with E-state index in [0.29, 0.717) is 29.5 Å². The van der Waals surface area contributed by atoms with Crippen LogP contribution >= 0.6 is 24.0 Å². The number of guanidine groups is 1. The van der Waals surface area contributed by atoms with E-state index in [1.54, 1.807) is 19.1 Å². The molecule has 0 saturated heterocycles. The van der Waals surface area contributed by atoms with E-state index in [0.717, 1.165) is 30.6 Å². The molecule has 0 radical (unpaired) electrons. The minimum atomic E-state index is -3.24. The number of carbonyl (C=O) groups excluding carboxylic acids is 1. The van der Waals surface area contributed by atoms with E-state index >= 15 is 0 Å². The number of aliphatic imine (C=N–C) groups is 1. The zero-order valence-corrected chi connectivity index (χ0v) is 21.9. The van der Waals surface area contributed by atoms with Crippen molar-refractivity contribution in [1.29, 1.82) is 0 Å². The molecule has 0 spiro atoms. The number of fused-ring (bicyclic) bond motifs is 1. The molecule has 2 aromatic rings. The number of benzene rings is 2. The highest BCUT2D eigenvalue weighted by molar-refractivity contribution is 14.0. The van der Waals surface area contributed by atoms with Gasteiger partial charge in [0, 0.05) is 25.0 Å². The van der Waals surface area contributed by atoms with Crippen LogP contribution in [0.25, 0.3) is 0 Å². The predicted molar refractivity (Wildman–Crippen MR) is 140 cm³/mol. The summed E-state index contributed by atoms with van der Waals surface area (Å²) in [5.74, 6) is 0.553. The van der Waals surface area contributed by atoms with Crippen LogP contribution in [0.15, 0.2) is 52.4 Å². The molecule has 2 aromatic carbocycles. The van der Waals surface area contributed by atoms with Crippen LogP contribution in [0.4, 0.5) is 5.69 Å². The Bertz CT molecular complexity index is 1090. The van der Waals surface area contributed by atoms with E-state index in [4.69, 9.17) is 0 Å². The molecule has 7 nitrogen and oxygen atoms in total. The van der Waals surface area contributed by atoms with Crippen LogP contribution in [0.5, 0.6) is 0 Å². The first kappa shape index (κ1) is 26.1. The summed E-state index contributed by atoms with van der Waals surface area (Å²) in [6.07, 6.45) is 3.16. The largest absolute Gasteiger partial charge is 0.357 e. The standard InChI is InChI=1S/C23H30N4O3S.HI/c1-4-24-23(25-15-18-11-12-21(17(2)14-18)31(3,29)30)26-16-22(28)27-13-7-9-19-8-5-6-10-20(19)27;/h5-6,8,10-12,14H,4,7,9,13,15-16H2,1-3H3,(H2,24,25,26);1H. The summed E-state index contributed by atoms with van der Waals surface area (Å²) in [5, 5.41) is 6.27. The second kappa shape index (κ2) is 11.6. The fourth-order valence-corrected chi connectivity index (χ4v) is 4.74. The van der Waals surface area contributed by atoms with Crippen LogP contribution in [0, 0.1) is 6.92 Å². The molecule has 1 amide bonds. The van der Waals surface area contributed by atoms with Crippen LogP contribution < -0.4 is 15.5 Å². The summed E-state index contributed by atoms with van der Waals surface area (Å²) >= 11 is 0. The first-order valence-corrected chi connectivity index (χ1v) is 12.4. The molecule has 9 heteroatoms. The second-order valence-electron chi connectivity index (χ2n) is 7.70. The number of aryl methyl sites for hydroxylation is 2. The lowest BCUT2D eigenvalue weighted by molar-refractivity contribution is -0.117. The summed E-state index contributed by atoms with van der Waals surface area (Å²) in [5.41, 5.74) is 3.80. The number of amides is 1. The van der Waals surface area contributed by atoms with Crippen LogP contribution in [-0.4, -0.2) is 46.2 Å². The summed E-state index contributed by atoms with van der Waals surface area (Å²) in [7, 11) is -3.24. The molecular formula is C23H31IN4O3S. The third-order valence-corrected chi connectivity index (χ3v) is 6.48. The van der Waals surface area contributed by atoms with Gasteiger partial charge in [0.25, 0.3) is 0 Å². The molecule has 0 unspecified atom stereocenters. The summed E-state index contributed by atoms with van der Waals surface area (Å²) in [6.45, 7) is 5.65. The van der Waals surface area contributed by atoms with Crippen LogP contribution in [0.1, 0.15) is 30.0 Å². The van der Waals surface area contributed by atoms with E-state index in [1.807, 2.05) is 36.1 Å². The van der Waals surface area contributed by atoms with Gasteiger partial charge in [0.15, 0.2) is 15.8 Å². The third-order valence-electron chi connectivity index (χ3n) is 5.22. The number of anilines is 1. The van der Waals surface area contributed by atoms with Crippen LogP contribution in [0.2, 0.25) is 0 Å². The van der Waals surface area contributed by atoms with Gasteiger partial charge in [-0.3, -0.25) is 4.79 Å². The fraction of sp³-hybridized carbons (Fsp3) is 0.391. The van der Waals surface area contributed by atoms with Gasteiger partial charge >= 0.3 is 0 Å². The van der Waals surface area contributed by atoms with Crippen molar-refractivity contribution in [3.8, 4) is 0 Å². The maximum Gasteiger partial charge on any atom is 0.246 e. The third kappa shape index (κ3) is 6.68. The van der Waals surface area contributed by atoms with Gasteiger partial charge < -0.3 is 15.5 Å². The molecule has 174 valence electrons. The number of sulfone groups is 1. The number of nitrogens with one attached hydrogen (secondary N) is 2. The number of rotatable bonds is 6. The number of hydrogen-bond acceptors (Lipinski definition) is 4. The average Bonchev–Trinajstić information content (AvgIpc) is 2.74. The highest BCUT2D eigenvalue weighted by Gasteiger charge is 2.22. The number of carbonyl (C=O) groups is 1. The molecule has 0 saturated carbocycles. The Balaban J connectivity index is 0.00000363. The van der Waals surface area contributed by atoms with Crippen molar-refractivity contribution in [2.75, 3.05) is 30.8 Å². The normalized spacial score (nSPS) is 13.7. The second-order valence-corrected chi connectivity index (χ2v) is 9.68. The Morgan fingerprint density at radius 2 is 1.91 bits per heavy atom. The molecular weight excluding hydrogens is 539 g/mol. The minimum Gasteiger partial charge on any atom is -0.357 e. The van der Waals surface area contributed by atoms with Crippen molar-refractivity contribution >= 4 is 51.4 Å².